The molecule has 4 heteroatoms. The fourth-order valence-corrected chi connectivity index (χ4v) is 1.73. The second-order valence-corrected chi connectivity index (χ2v) is 4.72. The SMILES string of the molecule is COc1ccccc1NCC(O)COCC1CC1. The van der Waals surface area contributed by atoms with E-state index in [2.05, 4.69) is 5.32 Å². The van der Waals surface area contributed by atoms with Crippen LogP contribution in [0.25, 0.3) is 0 Å². The molecule has 1 atom stereocenters. The number of para-hydroxylation sites is 2. The van der Waals surface area contributed by atoms with Gasteiger partial charge in [-0.1, -0.05) is 12.1 Å². The van der Waals surface area contributed by atoms with Crippen LogP contribution < -0.4 is 10.1 Å². The van der Waals surface area contributed by atoms with Crippen LogP contribution in [0, 0.1) is 5.92 Å². The lowest BCUT2D eigenvalue weighted by Crippen LogP contribution is -2.25. The summed E-state index contributed by atoms with van der Waals surface area (Å²) in [5.74, 6) is 1.52. The quantitative estimate of drug-likeness (QED) is 0.741. The van der Waals surface area contributed by atoms with Gasteiger partial charge in [0.15, 0.2) is 0 Å². The first kappa shape index (κ1) is 13.2. The van der Waals surface area contributed by atoms with Crippen LogP contribution in [0.3, 0.4) is 0 Å². The topological polar surface area (TPSA) is 50.7 Å². The first-order valence-corrected chi connectivity index (χ1v) is 6.42. The third-order valence-electron chi connectivity index (χ3n) is 3.00. The number of aliphatic hydroxyl groups excluding tert-OH is 1. The molecule has 2 rings (SSSR count). The molecule has 1 unspecified atom stereocenters. The average Bonchev–Trinajstić information content (AvgIpc) is 3.21. The van der Waals surface area contributed by atoms with Crippen LogP contribution >= 0.6 is 0 Å². The van der Waals surface area contributed by atoms with Gasteiger partial charge in [-0.25, -0.2) is 0 Å². The second-order valence-electron chi connectivity index (χ2n) is 4.72. The largest absolute Gasteiger partial charge is 0.495 e. The minimum absolute atomic E-state index is 0.388. The fraction of sp³-hybridized carbons (Fsp3) is 0.571. The van der Waals surface area contributed by atoms with Crippen LogP contribution in [0.1, 0.15) is 12.8 Å². The van der Waals surface area contributed by atoms with Gasteiger partial charge in [0.25, 0.3) is 0 Å². The first-order valence-electron chi connectivity index (χ1n) is 6.42. The Morgan fingerprint density at radius 3 is 2.89 bits per heavy atom. The van der Waals surface area contributed by atoms with E-state index in [4.69, 9.17) is 9.47 Å². The van der Waals surface area contributed by atoms with E-state index in [1.165, 1.54) is 12.8 Å². The van der Waals surface area contributed by atoms with Gasteiger partial charge in [0.05, 0.1) is 25.5 Å². The van der Waals surface area contributed by atoms with E-state index < -0.39 is 6.10 Å². The number of aliphatic hydroxyl groups is 1. The van der Waals surface area contributed by atoms with Gasteiger partial charge in [-0.3, -0.25) is 0 Å². The van der Waals surface area contributed by atoms with Crippen molar-refractivity contribution in [3.8, 4) is 5.75 Å². The lowest BCUT2D eigenvalue weighted by molar-refractivity contribution is 0.0386. The molecule has 0 aromatic heterocycles. The van der Waals surface area contributed by atoms with Crippen molar-refractivity contribution in [1.82, 2.24) is 0 Å². The van der Waals surface area contributed by atoms with Crippen molar-refractivity contribution in [2.75, 3.05) is 32.2 Å². The summed E-state index contributed by atoms with van der Waals surface area (Å²) in [6.45, 7) is 1.63. The molecular formula is C14H21NO3. The first-order chi connectivity index (χ1) is 8.79. The molecular weight excluding hydrogens is 230 g/mol. The third-order valence-corrected chi connectivity index (χ3v) is 3.00. The minimum atomic E-state index is -0.492. The molecule has 1 aromatic carbocycles. The summed E-state index contributed by atoms with van der Waals surface area (Å²) in [7, 11) is 1.63. The monoisotopic (exact) mass is 251 g/mol. The highest BCUT2D eigenvalue weighted by atomic mass is 16.5. The zero-order valence-electron chi connectivity index (χ0n) is 10.8. The molecule has 0 aliphatic heterocycles. The standard InChI is InChI=1S/C14H21NO3/c1-17-14-5-3-2-4-13(14)15-8-12(16)10-18-9-11-6-7-11/h2-5,11-12,15-16H,6-10H2,1H3. The van der Waals surface area contributed by atoms with Crippen LogP contribution in [0.5, 0.6) is 5.75 Å². The van der Waals surface area contributed by atoms with Crippen LogP contribution in [-0.4, -0.2) is 38.1 Å². The number of benzene rings is 1. The zero-order valence-corrected chi connectivity index (χ0v) is 10.8. The van der Waals surface area contributed by atoms with Gasteiger partial charge >= 0.3 is 0 Å². The number of rotatable bonds is 8. The van der Waals surface area contributed by atoms with Crippen LogP contribution in [-0.2, 0) is 4.74 Å². The lowest BCUT2D eigenvalue weighted by Gasteiger charge is -2.15. The summed E-state index contributed by atoms with van der Waals surface area (Å²) in [5.41, 5.74) is 0.890. The number of methoxy groups -OCH3 is 1. The molecule has 2 N–H and O–H groups in total. The molecule has 1 aromatic rings. The molecule has 4 nitrogen and oxygen atoms in total. The molecule has 0 radical (unpaired) electrons. The van der Waals surface area contributed by atoms with Crippen molar-refractivity contribution in [2.24, 2.45) is 5.92 Å². The average molecular weight is 251 g/mol. The van der Waals surface area contributed by atoms with Crippen molar-refractivity contribution in [1.29, 1.82) is 0 Å². The Bertz CT molecular complexity index is 366. The molecule has 0 bridgehead atoms. The van der Waals surface area contributed by atoms with Gasteiger partial charge < -0.3 is 19.9 Å². The van der Waals surface area contributed by atoms with Gasteiger partial charge in [-0.05, 0) is 30.9 Å². The maximum Gasteiger partial charge on any atom is 0.141 e. The van der Waals surface area contributed by atoms with Crippen molar-refractivity contribution < 1.29 is 14.6 Å². The molecule has 0 saturated heterocycles. The smallest absolute Gasteiger partial charge is 0.141 e. The number of hydrogen-bond acceptors (Lipinski definition) is 4. The Balaban J connectivity index is 1.68. The molecule has 18 heavy (non-hydrogen) atoms. The van der Waals surface area contributed by atoms with Crippen LogP contribution in [0.2, 0.25) is 0 Å². The number of nitrogens with one attached hydrogen (secondary N) is 1. The summed E-state index contributed by atoms with van der Waals surface area (Å²) < 4.78 is 10.7. The molecule has 1 aliphatic rings. The van der Waals surface area contributed by atoms with Gasteiger partial charge in [-0.15, -0.1) is 0 Å². The minimum Gasteiger partial charge on any atom is -0.495 e. The van der Waals surface area contributed by atoms with E-state index >= 15 is 0 Å². The molecule has 1 fully saturated rings. The van der Waals surface area contributed by atoms with E-state index in [9.17, 15) is 5.11 Å². The van der Waals surface area contributed by atoms with Crippen LogP contribution in [0.4, 0.5) is 5.69 Å². The second kappa shape index (κ2) is 6.61. The van der Waals surface area contributed by atoms with Gasteiger partial charge in [0, 0.05) is 13.2 Å². The predicted molar refractivity (Wildman–Crippen MR) is 71.0 cm³/mol. The normalized spacial score (nSPS) is 16.3. The Kier molecular flexibility index (Phi) is 4.84. The van der Waals surface area contributed by atoms with Gasteiger partial charge in [0.2, 0.25) is 0 Å². The number of anilines is 1. The van der Waals surface area contributed by atoms with E-state index in [1.54, 1.807) is 7.11 Å². The highest BCUT2D eigenvalue weighted by Crippen LogP contribution is 2.28. The van der Waals surface area contributed by atoms with E-state index in [1.807, 2.05) is 24.3 Å². The fourth-order valence-electron chi connectivity index (χ4n) is 1.73. The maximum atomic E-state index is 9.78. The van der Waals surface area contributed by atoms with Crippen molar-refractivity contribution >= 4 is 5.69 Å². The summed E-state index contributed by atoms with van der Waals surface area (Å²) in [4.78, 5) is 0. The molecule has 1 aliphatic carbocycles. The van der Waals surface area contributed by atoms with Crippen molar-refractivity contribution in [3.63, 3.8) is 0 Å². The molecule has 1 saturated carbocycles. The Morgan fingerprint density at radius 2 is 2.17 bits per heavy atom. The molecule has 0 spiro atoms. The summed E-state index contributed by atoms with van der Waals surface area (Å²) >= 11 is 0. The van der Waals surface area contributed by atoms with E-state index in [0.29, 0.717) is 13.2 Å². The van der Waals surface area contributed by atoms with Gasteiger partial charge in [0.1, 0.15) is 5.75 Å². The highest BCUT2D eigenvalue weighted by Gasteiger charge is 2.21. The zero-order chi connectivity index (χ0) is 12.8. The molecule has 0 heterocycles. The molecule has 0 amide bonds. The third kappa shape index (κ3) is 4.20. The maximum absolute atomic E-state index is 9.78. The molecule has 100 valence electrons. The van der Waals surface area contributed by atoms with E-state index in [-0.39, 0.29) is 0 Å². The highest BCUT2D eigenvalue weighted by molar-refractivity contribution is 5.56. The lowest BCUT2D eigenvalue weighted by atomic mass is 10.2. The number of ether oxygens (including phenoxy) is 2. The van der Waals surface area contributed by atoms with Crippen molar-refractivity contribution in [2.45, 2.75) is 18.9 Å². The van der Waals surface area contributed by atoms with E-state index in [0.717, 1.165) is 24.0 Å². The predicted octanol–water partition coefficient (Wildman–Crippen LogP) is 1.89. The number of hydrogen-bond donors (Lipinski definition) is 2. The Morgan fingerprint density at radius 1 is 1.39 bits per heavy atom. The van der Waals surface area contributed by atoms with Crippen molar-refractivity contribution in [3.05, 3.63) is 24.3 Å². The summed E-state index contributed by atoms with van der Waals surface area (Å²) in [6, 6.07) is 7.66. The summed E-state index contributed by atoms with van der Waals surface area (Å²) in [6.07, 6.45) is 2.05. The Labute approximate surface area is 108 Å². The summed E-state index contributed by atoms with van der Waals surface area (Å²) in [5, 5.41) is 12.9. The van der Waals surface area contributed by atoms with Gasteiger partial charge in [-0.2, -0.15) is 0 Å². The Hall–Kier alpha value is -1.26. The van der Waals surface area contributed by atoms with Crippen LogP contribution in [0.15, 0.2) is 24.3 Å².